The van der Waals surface area contributed by atoms with E-state index in [0.29, 0.717) is 18.0 Å². The van der Waals surface area contributed by atoms with Crippen LogP contribution < -0.4 is 5.32 Å². The Morgan fingerprint density at radius 2 is 2.15 bits per heavy atom. The lowest BCUT2D eigenvalue weighted by molar-refractivity contribution is -0.121. The Morgan fingerprint density at radius 3 is 2.70 bits per heavy atom. The van der Waals surface area contributed by atoms with Gasteiger partial charge in [-0.25, -0.2) is 0 Å². The number of aromatic nitrogens is 2. The zero-order valence-corrected chi connectivity index (χ0v) is 13.4. The molecule has 0 unspecified atom stereocenters. The van der Waals surface area contributed by atoms with E-state index in [-0.39, 0.29) is 5.91 Å². The average molecular weight is 301 g/mol. The predicted molar refractivity (Wildman–Crippen MR) is 82.0 cm³/mol. The molecule has 0 aromatic carbocycles. The van der Waals surface area contributed by atoms with Crippen LogP contribution >= 0.6 is 11.6 Å². The van der Waals surface area contributed by atoms with Gasteiger partial charge in [0.25, 0.3) is 0 Å². The van der Waals surface area contributed by atoms with Gasteiger partial charge in [0.05, 0.1) is 10.7 Å². The molecule has 0 aliphatic carbocycles. The number of rotatable bonds is 9. The summed E-state index contributed by atoms with van der Waals surface area (Å²) in [5, 5.41) is 7.80. The Kier molecular flexibility index (Phi) is 7.62. The van der Waals surface area contributed by atoms with Crippen LogP contribution in [0.3, 0.4) is 0 Å². The monoisotopic (exact) mass is 300 g/mol. The van der Waals surface area contributed by atoms with Crippen molar-refractivity contribution in [3.05, 3.63) is 16.9 Å². The molecular weight excluding hydrogens is 276 g/mol. The summed E-state index contributed by atoms with van der Waals surface area (Å²) in [5.41, 5.74) is 0.797. The molecule has 0 saturated heterocycles. The molecule has 0 aliphatic heterocycles. The first-order chi connectivity index (χ1) is 9.56. The van der Waals surface area contributed by atoms with E-state index in [1.54, 1.807) is 10.9 Å². The first-order valence-electron chi connectivity index (χ1n) is 7.25. The maximum absolute atomic E-state index is 11.7. The third kappa shape index (κ3) is 5.92. The lowest BCUT2D eigenvalue weighted by Crippen LogP contribution is -2.30. The molecule has 5 nitrogen and oxygen atoms in total. The van der Waals surface area contributed by atoms with Gasteiger partial charge in [-0.05, 0) is 33.0 Å². The zero-order chi connectivity index (χ0) is 15.0. The fourth-order valence-electron chi connectivity index (χ4n) is 1.98. The summed E-state index contributed by atoms with van der Waals surface area (Å²) < 4.78 is 1.72. The molecule has 0 spiro atoms. The minimum Gasteiger partial charge on any atom is -0.356 e. The normalized spacial score (nSPS) is 11.1. The van der Waals surface area contributed by atoms with E-state index < -0.39 is 0 Å². The van der Waals surface area contributed by atoms with Crippen molar-refractivity contribution in [1.82, 2.24) is 20.0 Å². The molecular formula is C14H25ClN4O. The van der Waals surface area contributed by atoms with Crippen molar-refractivity contribution in [3.63, 3.8) is 0 Å². The number of hydrogen-bond donors (Lipinski definition) is 1. The molecule has 0 bridgehead atoms. The van der Waals surface area contributed by atoms with Gasteiger partial charge in [0.2, 0.25) is 5.91 Å². The highest BCUT2D eigenvalue weighted by molar-refractivity contribution is 6.31. The number of aryl methyl sites for hydroxylation is 2. The van der Waals surface area contributed by atoms with E-state index in [9.17, 15) is 4.79 Å². The van der Waals surface area contributed by atoms with Crippen molar-refractivity contribution in [2.24, 2.45) is 0 Å². The van der Waals surface area contributed by atoms with E-state index in [1.807, 2.05) is 6.92 Å². The van der Waals surface area contributed by atoms with Crippen molar-refractivity contribution in [3.8, 4) is 0 Å². The molecule has 1 rings (SSSR count). The molecule has 1 heterocycles. The second-order valence-corrected chi connectivity index (χ2v) is 5.21. The van der Waals surface area contributed by atoms with Gasteiger partial charge < -0.3 is 10.2 Å². The molecule has 114 valence electrons. The summed E-state index contributed by atoms with van der Waals surface area (Å²) in [7, 11) is 0. The van der Waals surface area contributed by atoms with Crippen LogP contribution in [0.4, 0.5) is 0 Å². The summed E-state index contributed by atoms with van der Waals surface area (Å²) in [6, 6.07) is 0. The van der Waals surface area contributed by atoms with Crippen LogP contribution in [-0.4, -0.2) is 46.8 Å². The van der Waals surface area contributed by atoms with Crippen LogP contribution in [-0.2, 0) is 11.3 Å². The molecule has 1 amide bonds. The number of nitrogens with one attached hydrogen (secondary N) is 1. The zero-order valence-electron chi connectivity index (χ0n) is 12.7. The van der Waals surface area contributed by atoms with Crippen LogP contribution in [0.2, 0.25) is 5.02 Å². The average Bonchev–Trinajstić information content (AvgIpc) is 2.76. The predicted octanol–water partition coefficient (Wildman–Crippen LogP) is 2.08. The van der Waals surface area contributed by atoms with Crippen LogP contribution in [0.25, 0.3) is 0 Å². The Morgan fingerprint density at radius 1 is 1.45 bits per heavy atom. The number of nitrogens with zero attached hydrogens (tertiary/aromatic N) is 3. The van der Waals surface area contributed by atoms with Gasteiger partial charge in [0, 0.05) is 25.7 Å². The number of amides is 1. The van der Waals surface area contributed by atoms with Crippen LogP contribution in [0.1, 0.15) is 32.4 Å². The highest BCUT2D eigenvalue weighted by Gasteiger charge is 2.05. The summed E-state index contributed by atoms with van der Waals surface area (Å²) in [6.07, 6.45) is 3.17. The lowest BCUT2D eigenvalue weighted by Gasteiger charge is -2.17. The standard InChI is InChI=1S/C14H25ClN4O/c1-4-18(5-2)9-6-8-16-14(20)7-10-19-11-13(15)12(3)17-19/h11H,4-10H2,1-3H3,(H,16,20). The highest BCUT2D eigenvalue weighted by Crippen LogP contribution is 2.11. The molecule has 6 heteroatoms. The summed E-state index contributed by atoms with van der Waals surface area (Å²) in [6.45, 7) is 10.6. The highest BCUT2D eigenvalue weighted by atomic mass is 35.5. The fourth-order valence-corrected chi connectivity index (χ4v) is 2.13. The van der Waals surface area contributed by atoms with E-state index >= 15 is 0 Å². The second-order valence-electron chi connectivity index (χ2n) is 4.81. The Hall–Kier alpha value is -1.07. The minimum atomic E-state index is 0.0637. The molecule has 0 atom stereocenters. The SMILES string of the molecule is CCN(CC)CCCNC(=O)CCn1cc(Cl)c(C)n1. The topological polar surface area (TPSA) is 50.2 Å². The first-order valence-corrected chi connectivity index (χ1v) is 7.63. The van der Waals surface area contributed by atoms with Gasteiger partial charge in [-0.2, -0.15) is 5.10 Å². The van der Waals surface area contributed by atoms with Crippen molar-refractivity contribution in [2.45, 2.75) is 40.2 Å². The molecule has 1 aromatic rings. The van der Waals surface area contributed by atoms with Crippen LogP contribution in [0.5, 0.6) is 0 Å². The summed E-state index contributed by atoms with van der Waals surface area (Å²) in [5.74, 6) is 0.0637. The van der Waals surface area contributed by atoms with Gasteiger partial charge >= 0.3 is 0 Å². The van der Waals surface area contributed by atoms with Gasteiger partial charge in [-0.3, -0.25) is 9.48 Å². The van der Waals surface area contributed by atoms with E-state index in [1.165, 1.54) is 0 Å². The molecule has 1 N–H and O–H groups in total. The molecule has 0 aliphatic rings. The minimum absolute atomic E-state index is 0.0637. The van der Waals surface area contributed by atoms with Gasteiger partial charge in [0.15, 0.2) is 0 Å². The van der Waals surface area contributed by atoms with Crippen molar-refractivity contribution in [1.29, 1.82) is 0 Å². The Labute approximate surface area is 126 Å². The summed E-state index contributed by atoms with van der Waals surface area (Å²) >= 11 is 5.92. The van der Waals surface area contributed by atoms with E-state index in [2.05, 4.69) is 29.2 Å². The number of carbonyl (C=O) groups excluding carboxylic acids is 1. The third-order valence-corrected chi connectivity index (χ3v) is 3.69. The van der Waals surface area contributed by atoms with Crippen molar-refractivity contribution < 1.29 is 4.79 Å². The van der Waals surface area contributed by atoms with Crippen molar-refractivity contribution >= 4 is 17.5 Å². The number of carbonyl (C=O) groups is 1. The Balaban J connectivity index is 2.14. The van der Waals surface area contributed by atoms with Crippen LogP contribution in [0.15, 0.2) is 6.20 Å². The molecule has 0 radical (unpaired) electrons. The quantitative estimate of drug-likeness (QED) is 0.711. The molecule has 0 saturated carbocycles. The van der Waals surface area contributed by atoms with Gasteiger partial charge in [-0.15, -0.1) is 0 Å². The Bertz CT molecular complexity index is 396. The van der Waals surface area contributed by atoms with Gasteiger partial charge in [0.1, 0.15) is 0 Å². The second kappa shape index (κ2) is 8.97. The number of halogens is 1. The van der Waals surface area contributed by atoms with Crippen molar-refractivity contribution in [2.75, 3.05) is 26.2 Å². The van der Waals surface area contributed by atoms with Crippen LogP contribution in [0, 0.1) is 6.92 Å². The van der Waals surface area contributed by atoms with Gasteiger partial charge in [-0.1, -0.05) is 25.4 Å². The van der Waals surface area contributed by atoms with E-state index in [4.69, 9.17) is 11.6 Å². The maximum atomic E-state index is 11.7. The maximum Gasteiger partial charge on any atom is 0.221 e. The third-order valence-electron chi connectivity index (χ3n) is 3.32. The molecule has 0 fully saturated rings. The number of hydrogen-bond acceptors (Lipinski definition) is 3. The molecule has 1 aromatic heterocycles. The largest absolute Gasteiger partial charge is 0.356 e. The molecule has 20 heavy (non-hydrogen) atoms. The fraction of sp³-hybridized carbons (Fsp3) is 0.714. The lowest BCUT2D eigenvalue weighted by atomic mass is 10.3. The first kappa shape index (κ1) is 17.0. The van der Waals surface area contributed by atoms with E-state index in [0.717, 1.165) is 38.3 Å². The summed E-state index contributed by atoms with van der Waals surface area (Å²) in [4.78, 5) is 14.0. The smallest absolute Gasteiger partial charge is 0.221 e.